The number of fused-ring (bicyclic) bond motifs is 1. The van der Waals surface area contributed by atoms with Crippen LogP contribution in [-0.2, 0) is 5.75 Å². The molecular formula is C16H13ClN2O2S. The van der Waals surface area contributed by atoms with Crippen LogP contribution in [0.25, 0.3) is 10.9 Å². The quantitative estimate of drug-likeness (QED) is 0.737. The number of benzene rings is 2. The molecule has 0 aliphatic heterocycles. The summed E-state index contributed by atoms with van der Waals surface area (Å²) in [7, 11) is 1.63. The largest absolute Gasteiger partial charge is 0.497 e. The Morgan fingerprint density at radius 1 is 1.27 bits per heavy atom. The topological polar surface area (TPSA) is 55.0 Å². The number of H-pyrrole nitrogens is 1. The molecule has 0 saturated heterocycles. The maximum absolute atomic E-state index is 12.1. The van der Waals surface area contributed by atoms with Crippen LogP contribution in [0.1, 0.15) is 5.82 Å². The van der Waals surface area contributed by atoms with Gasteiger partial charge in [0.15, 0.2) is 0 Å². The molecule has 2 aromatic carbocycles. The van der Waals surface area contributed by atoms with Crippen molar-refractivity contribution in [3.63, 3.8) is 0 Å². The van der Waals surface area contributed by atoms with Gasteiger partial charge in [-0.2, -0.15) is 0 Å². The highest BCUT2D eigenvalue weighted by atomic mass is 35.5. The monoisotopic (exact) mass is 332 g/mol. The molecule has 4 nitrogen and oxygen atoms in total. The molecule has 0 saturated carbocycles. The highest BCUT2D eigenvalue weighted by Gasteiger charge is 2.05. The first-order valence-electron chi connectivity index (χ1n) is 6.61. The number of aromatic amines is 1. The number of methoxy groups -OCH3 is 1. The van der Waals surface area contributed by atoms with Gasteiger partial charge in [-0.25, -0.2) is 4.98 Å². The number of aromatic nitrogens is 2. The Morgan fingerprint density at radius 3 is 2.95 bits per heavy atom. The van der Waals surface area contributed by atoms with Crippen LogP contribution >= 0.6 is 23.4 Å². The van der Waals surface area contributed by atoms with E-state index in [1.807, 2.05) is 24.3 Å². The predicted molar refractivity (Wildman–Crippen MR) is 89.9 cm³/mol. The van der Waals surface area contributed by atoms with E-state index >= 15 is 0 Å². The second kappa shape index (κ2) is 6.42. The van der Waals surface area contributed by atoms with Crippen molar-refractivity contribution in [3.05, 3.63) is 63.7 Å². The lowest BCUT2D eigenvalue weighted by Gasteiger charge is -2.05. The molecule has 0 atom stereocenters. The van der Waals surface area contributed by atoms with Gasteiger partial charge in [-0.1, -0.05) is 17.7 Å². The van der Waals surface area contributed by atoms with Gasteiger partial charge in [0.2, 0.25) is 0 Å². The second-order valence-electron chi connectivity index (χ2n) is 4.64. The summed E-state index contributed by atoms with van der Waals surface area (Å²) in [4.78, 5) is 20.4. The smallest absolute Gasteiger partial charge is 0.258 e. The summed E-state index contributed by atoms with van der Waals surface area (Å²) in [5, 5.41) is 1.11. The molecule has 3 aromatic rings. The molecule has 0 amide bonds. The van der Waals surface area contributed by atoms with E-state index in [1.165, 1.54) is 0 Å². The Balaban J connectivity index is 1.86. The van der Waals surface area contributed by atoms with Gasteiger partial charge in [-0.05, 0) is 36.4 Å². The van der Waals surface area contributed by atoms with Crippen molar-refractivity contribution in [2.45, 2.75) is 10.6 Å². The van der Waals surface area contributed by atoms with Crippen LogP contribution in [0.2, 0.25) is 5.02 Å². The SMILES string of the molecule is COc1cccc(SCc2nc3cc(Cl)ccc3c(=O)[nH]2)c1. The van der Waals surface area contributed by atoms with Crippen molar-refractivity contribution in [1.82, 2.24) is 9.97 Å². The van der Waals surface area contributed by atoms with Crippen molar-refractivity contribution in [1.29, 1.82) is 0 Å². The zero-order valence-corrected chi connectivity index (χ0v) is 13.4. The lowest BCUT2D eigenvalue weighted by atomic mass is 10.2. The molecule has 0 aliphatic carbocycles. The van der Waals surface area contributed by atoms with Crippen molar-refractivity contribution in [2.24, 2.45) is 0 Å². The summed E-state index contributed by atoms with van der Waals surface area (Å²) in [6.07, 6.45) is 0. The molecule has 1 aromatic heterocycles. The summed E-state index contributed by atoms with van der Waals surface area (Å²) >= 11 is 7.54. The molecule has 0 fully saturated rings. The minimum absolute atomic E-state index is 0.150. The number of thioether (sulfide) groups is 1. The number of nitrogens with one attached hydrogen (secondary N) is 1. The van der Waals surface area contributed by atoms with Crippen molar-refractivity contribution >= 4 is 34.3 Å². The molecular weight excluding hydrogens is 320 g/mol. The summed E-state index contributed by atoms with van der Waals surface area (Å²) in [6.45, 7) is 0. The third kappa shape index (κ3) is 3.26. The Kier molecular flexibility index (Phi) is 4.36. The van der Waals surface area contributed by atoms with Crippen molar-refractivity contribution in [3.8, 4) is 5.75 Å². The van der Waals surface area contributed by atoms with E-state index in [-0.39, 0.29) is 5.56 Å². The van der Waals surface area contributed by atoms with Gasteiger partial charge in [0.1, 0.15) is 11.6 Å². The molecule has 6 heteroatoms. The number of hydrogen-bond donors (Lipinski definition) is 1. The summed E-state index contributed by atoms with van der Waals surface area (Å²) < 4.78 is 5.20. The van der Waals surface area contributed by atoms with E-state index in [1.54, 1.807) is 37.1 Å². The standard InChI is InChI=1S/C16H13ClN2O2S/c1-21-11-3-2-4-12(8-11)22-9-15-18-14-7-10(17)5-6-13(14)16(20)19-15/h2-8H,9H2,1H3,(H,18,19,20). The first-order valence-corrected chi connectivity index (χ1v) is 7.97. The lowest BCUT2D eigenvalue weighted by Crippen LogP contribution is -2.11. The molecule has 3 rings (SSSR count). The van der Waals surface area contributed by atoms with Gasteiger partial charge in [0.25, 0.3) is 5.56 Å². The maximum Gasteiger partial charge on any atom is 0.258 e. The Morgan fingerprint density at radius 2 is 2.14 bits per heavy atom. The number of nitrogens with zero attached hydrogens (tertiary/aromatic N) is 1. The zero-order chi connectivity index (χ0) is 15.5. The van der Waals surface area contributed by atoms with Gasteiger partial charge >= 0.3 is 0 Å². The van der Waals surface area contributed by atoms with Gasteiger partial charge in [0, 0.05) is 9.92 Å². The summed E-state index contributed by atoms with van der Waals surface area (Å²) in [5.74, 6) is 1.98. The lowest BCUT2D eigenvalue weighted by molar-refractivity contribution is 0.413. The molecule has 1 N–H and O–H groups in total. The molecule has 0 bridgehead atoms. The van der Waals surface area contributed by atoms with Crippen LogP contribution in [0, 0.1) is 0 Å². The number of halogens is 1. The van der Waals surface area contributed by atoms with E-state index in [4.69, 9.17) is 16.3 Å². The van der Waals surface area contributed by atoms with E-state index in [0.717, 1.165) is 10.6 Å². The highest BCUT2D eigenvalue weighted by Crippen LogP contribution is 2.25. The fourth-order valence-corrected chi connectivity index (χ4v) is 3.05. The Bertz CT molecular complexity index is 879. The molecule has 0 unspecified atom stereocenters. The highest BCUT2D eigenvalue weighted by molar-refractivity contribution is 7.98. The fraction of sp³-hybridized carbons (Fsp3) is 0.125. The first-order chi connectivity index (χ1) is 10.7. The minimum Gasteiger partial charge on any atom is -0.497 e. The Hall–Kier alpha value is -1.98. The average molecular weight is 333 g/mol. The molecule has 1 heterocycles. The third-order valence-electron chi connectivity index (χ3n) is 3.13. The van der Waals surface area contributed by atoms with Crippen LogP contribution in [0.3, 0.4) is 0 Å². The number of ether oxygens (including phenoxy) is 1. The first kappa shape index (κ1) is 14.9. The molecule has 22 heavy (non-hydrogen) atoms. The van der Waals surface area contributed by atoms with Gasteiger partial charge < -0.3 is 9.72 Å². The van der Waals surface area contributed by atoms with Crippen molar-refractivity contribution in [2.75, 3.05) is 7.11 Å². The zero-order valence-electron chi connectivity index (χ0n) is 11.8. The van der Waals surface area contributed by atoms with Crippen LogP contribution in [0.15, 0.2) is 52.2 Å². The second-order valence-corrected chi connectivity index (χ2v) is 6.13. The minimum atomic E-state index is -0.150. The number of hydrogen-bond acceptors (Lipinski definition) is 4. The molecule has 112 valence electrons. The van der Waals surface area contributed by atoms with Crippen LogP contribution in [0.4, 0.5) is 0 Å². The summed E-state index contributed by atoms with van der Waals surface area (Å²) in [6, 6.07) is 12.8. The molecule has 0 spiro atoms. The van der Waals surface area contributed by atoms with Gasteiger partial charge in [0.05, 0.1) is 23.8 Å². The number of rotatable bonds is 4. The van der Waals surface area contributed by atoms with E-state index in [2.05, 4.69) is 9.97 Å². The average Bonchev–Trinajstić information content (AvgIpc) is 2.52. The van der Waals surface area contributed by atoms with E-state index in [0.29, 0.717) is 27.5 Å². The normalized spacial score (nSPS) is 10.8. The van der Waals surface area contributed by atoms with Gasteiger partial charge in [-0.3, -0.25) is 4.79 Å². The Labute approximate surface area is 136 Å². The maximum atomic E-state index is 12.1. The van der Waals surface area contributed by atoms with Crippen molar-refractivity contribution < 1.29 is 4.74 Å². The third-order valence-corrected chi connectivity index (χ3v) is 4.37. The predicted octanol–water partition coefficient (Wildman–Crippen LogP) is 3.88. The fourth-order valence-electron chi connectivity index (χ4n) is 2.07. The van der Waals surface area contributed by atoms with E-state index in [9.17, 15) is 4.79 Å². The van der Waals surface area contributed by atoms with Crippen LogP contribution in [-0.4, -0.2) is 17.1 Å². The van der Waals surface area contributed by atoms with Crippen LogP contribution < -0.4 is 10.3 Å². The van der Waals surface area contributed by atoms with Crippen LogP contribution in [0.5, 0.6) is 5.75 Å². The van der Waals surface area contributed by atoms with Gasteiger partial charge in [-0.15, -0.1) is 11.8 Å². The summed E-state index contributed by atoms with van der Waals surface area (Å²) in [5.41, 5.74) is 0.459. The molecule has 0 radical (unpaired) electrons. The molecule has 0 aliphatic rings. The van der Waals surface area contributed by atoms with E-state index < -0.39 is 0 Å².